The van der Waals surface area contributed by atoms with Crippen molar-refractivity contribution < 1.29 is 35.9 Å². The molecule has 22 heteroatoms. The lowest BCUT2D eigenvalue weighted by Crippen LogP contribution is -2.52. The Kier molecular flexibility index (Phi) is 12.5. The van der Waals surface area contributed by atoms with Gasteiger partial charge in [0.2, 0.25) is 11.8 Å². The number of hydrogen-bond acceptors (Lipinski definition) is 14. The van der Waals surface area contributed by atoms with Crippen LogP contribution in [0.5, 0.6) is 11.5 Å². The van der Waals surface area contributed by atoms with E-state index in [1.165, 1.54) is 35.2 Å². The van der Waals surface area contributed by atoms with Crippen LogP contribution in [0.2, 0.25) is 0 Å². The minimum absolute atomic E-state index is 0.0129. The summed E-state index contributed by atoms with van der Waals surface area (Å²) in [5.41, 5.74) is 0.288. The third-order valence-corrected chi connectivity index (χ3v) is 15.4. The smallest absolute Gasteiger partial charge is 0.301 e. The number of piperazine rings is 1. The summed E-state index contributed by atoms with van der Waals surface area (Å²) in [6, 6.07) is 12.5. The van der Waals surface area contributed by atoms with E-state index in [9.17, 15) is 32.5 Å². The summed E-state index contributed by atoms with van der Waals surface area (Å²) in [4.78, 5) is 58.5. The van der Waals surface area contributed by atoms with E-state index in [1.807, 2.05) is 0 Å². The number of nitriles is 1. The number of imide groups is 1. The number of halogens is 3. The molecule has 1 aliphatic carbocycles. The molecule has 0 spiro atoms. The highest BCUT2D eigenvalue weighted by molar-refractivity contribution is 7.90. The topological polar surface area (TPSA) is 211 Å². The lowest BCUT2D eigenvalue weighted by Gasteiger charge is -2.41. The normalized spacial score (nSPS) is 21.5. The van der Waals surface area contributed by atoms with Gasteiger partial charge in [-0.1, -0.05) is 0 Å². The number of hydrogen-bond donors (Lipinski definition) is 3. The largest absolute Gasteiger partial charge is 0.453 e. The van der Waals surface area contributed by atoms with Gasteiger partial charge in [-0.15, -0.1) is 0 Å². The van der Waals surface area contributed by atoms with Gasteiger partial charge in [0.05, 0.1) is 45.9 Å². The lowest BCUT2D eigenvalue weighted by atomic mass is 9.95. The average molecular weight is 967 g/mol. The number of rotatable bonds is 13. The Hall–Kier alpha value is -6.67. The zero-order chi connectivity index (χ0) is 48.0. The van der Waals surface area contributed by atoms with E-state index in [4.69, 9.17) is 14.7 Å². The van der Waals surface area contributed by atoms with Gasteiger partial charge in [0.15, 0.2) is 11.6 Å². The van der Waals surface area contributed by atoms with Crippen molar-refractivity contribution >= 4 is 50.0 Å². The van der Waals surface area contributed by atoms with Gasteiger partial charge in [-0.2, -0.15) is 18.0 Å². The molecule has 3 N–H and O–H groups in total. The number of anilines is 3. The highest BCUT2D eigenvalue weighted by Gasteiger charge is 2.52. The average Bonchev–Trinajstić information content (AvgIpc) is 4.03. The van der Waals surface area contributed by atoms with Gasteiger partial charge < -0.3 is 19.9 Å². The Labute approximate surface area is 395 Å². The molecule has 5 aliphatic rings. The van der Waals surface area contributed by atoms with E-state index in [-0.39, 0.29) is 60.0 Å². The Morgan fingerprint density at radius 2 is 1.65 bits per heavy atom. The number of ether oxygens (including phenoxy) is 1. The molecule has 2 amide bonds. The van der Waals surface area contributed by atoms with Crippen LogP contribution in [0, 0.1) is 28.9 Å². The van der Waals surface area contributed by atoms with Gasteiger partial charge in [-0.25, -0.2) is 28.1 Å². The number of nitrogens with zero attached hydrogens (tertiary/aromatic N) is 9. The molecule has 1 unspecified atom stereocenters. The zero-order valence-electron chi connectivity index (χ0n) is 37.4. The number of piperidine rings is 2. The van der Waals surface area contributed by atoms with Crippen LogP contribution >= 0.6 is 0 Å². The molecular formula is C47H49F3N12O6S. The summed E-state index contributed by atoms with van der Waals surface area (Å²) in [5, 5.41) is 15.5. The molecule has 3 aromatic carbocycles. The number of fused-ring (bicyclic) bond motifs is 1. The van der Waals surface area contributed by atoms with E-state index in [2.05, 4.69) is 35.0 Å². The second-order valence-electron chi connectivity index (χ2n) is 18.3. The number of aromatic nitrogens is 4. The predicted octanol–water partition coefficient (Wildman–Crippen LogP) is 4.56. The second-order valence-corrected chi connectivity index (χ2v) is 20.0. The molecule has 4 aliphatic heterocycles. The van der Waals surface area contributed by atoms with Gasteiger partial charge in [-0.05, 0) is 93.0 Å². The molecule has 10 rings (SSSR count). The summed E-state index contributed by atoms with van der Waals surface area (Å²) >= 11 is 0. The maximum Gasteiger partial charge on any atom is 0.301 e. The monoisotopic (exact) mass is 966 g/mol. The molecular weight excluding hydrogens is 918 g/mol. The SMILES string of the molecule is N#Cc1c(NS(=O)(=O)N2CC[C@@H](F)C2)ccc(F)c1Oc1ccc2ncn(-c3cnc(C4(N5CCN(CC6CCN(c7ccc(NC8CCC(=O)NC8=O)cc7F)CC6)CC5)CC4)nc3)c(=O)c2c1. The molecule has 4 saturated heterocycles. The van der Waals surface area contributed by atoms with Crippen LogP contribution in [0.15, 0.2) is 72.0 Å². The van der Waals surface area contributed by atoms with E-state index in [0.29, 0.717) is 40.7 Å². The van der Waals surface area contributed by atoms with Crippen LogP contribution in [0.25, 0.3) is 16.6 Å². The van der Waals surface area contributed by atoms with Crippen molar-refractivity contribution in [1.82, 2.24) is 38.9 Å². The van der Waals surface area contributed by atoms with E-state index >= 15 is 8.78 Å². The highest BCUT2D eigenvalue weighted by atomic mass is 32.2. The summed E-state index contributed by atoms with van der Waals surface area (Å²) in [5.74, 6) is -1.40. The van der Waals surface area contributed by atoms with Crippen LogP contribution in [-0.2, 0) is 25.3 Å². The Morgan fingerprint density at radius 3 is 2.33 bits per heavy atom. The summed E-state index contributed by atoms with van der Waals surface area (Å²) in [6.07, 6.45) is 7.60. The quantitative estimate of drug-likeness (QED) is 0.138. The Bertz CT molecular complexity index is 3030. The first-order chi connectivity index (χ1) is 33.3. The Balaban J connectivity index is 0.743. The molecule has 5 fully saturated rings. The van der Waals surface area contributed by atoms with Crippen molar-refractivity contribution in [2.75, 3.05) is 73.8 Å². The second kappa shape index (κ2) is 18.7. The number of nitrogens with one attached hydrogen (secondary N) is 3. The number of carbonyl (C=O) groups excluding carboxylic acids is 2. The van der Waals surface area contributed by atoms with Gasteiger partial charge in [-0.3, -0.25) is 33.9 Å². The van der Waals surface area contributed by atoms with Crippen molar-refractivity contribution in [2.45, 2.75) is 62.7 Å². The molecule has 69 heavy (non-hydrogen) atoms. The first-order valence-corrected chi connectivity index (χ1v) is 24.5. The Morgan fingerprint density at radius 1 is 0.884 bits per heavy atom. The molecule has 2 aromatic heterocycles. The fourth-order valence-corrected chi connectivity index (χ4v) is 11.2. The van der Waals surface area contributed by atoms with Crippen molar-refractivity contribution in [3.8, 4) is 23.3 Å². The van der Waals surface area contributed by atoms with E-state index < -0.39 is 51.0 Å². The first kappa shape index (κ1) is 46.1. The predicted molar refractivity (Wildman–Crippen MR) is 248 cm³/mol. The van der Waals surface area contributed by atoms with Gasteiger partial charge in [0.1, 0.15) is 47.6 Å². The molecule has 18 nitrogen and oxygen atoms in total. The molecule has 5 aromatic rings. The van der Waals surface area contributed by atoms with Gasteiger partial charge >= 0.3 is 10.2 Å². The molecule has 0 bridgehead atoms. The number of amides is 2. The van der Waals surface area contributed by atoms with Crippen molar-refractivity contribution in [1.29, 1.82) is 5.26 Å². The van der Waals surface area contributed by atoms with Crippen LogP contribution < -0.4 is 30.6 Å². The van der Waals surface area contributed by atoms with E-state index in [1.54, 1.807) is 30.6 Å². The number of carbonyl (C=O) groups is 2. The van der Waals surface area contributed by atoms with Crippen LogP contribution in [-0.4, -0.2) is 125 Å². The van der Waals surface area contributed by atoms with Crippen molar-refractivity contribution in [3.05, 3.63) is 101 Å². The van der Waals surface area contributed by atoms with Crippen molar-refractivity contribution in [3.63, 3.8) is 0 Å². The summed E-state index contributed by atoms with van der Waals surface area (Å²) in [6.45, 7) is 5.57. The minimum Gasteiger partial charge on any atom is -0.453 e. The fraction of sp³-hybridized carbons (Fsp3) is 0.426. The zero-order valence-corrected chi connectivity index (χ0v) is 38.2. The fourth-order valence-electron chi connectivity index (χ4n) is 9.88. The number of alkyl halides is 1. The minimum atomic E-state index is -4.25. The standard InChI is InChI=1S/C47H49F3N12O6S/c48-30-11-16-61(27-30)69(66,67)57-39-5-3-36(49)43(35(39)23-51)68-33-2-4-38-34(22-33)45(65)62(28-54-38)32-24-52-46(53-25-32)47(12-13-47)60-19-17-58(18-20-60)26-29-9-14-59(15-10-29)41-7-1-31(21-37(41)50)55-40-6-8-42(63)56-44(40)64/h1-5,7,21-22,24-25,28-30,40,55,57H,6,8-20,26-27H2,(H,56,63,64)/t30-,40?/m1/s1. The highest BCUT2D eigenvalue weighted by Crippen LogP contribution is 2.50. The van der Waals surface area contributed by atoms with Crippen LogP contribution in [0.4, 0.5) is 30.2 Å². The van der Waals surface area contributed by atoms with Gasteiger partial charge in [0, 0.05) is 71.0 Å². The summed E-state index contributed by atoms with van der Waals surface area (Å²) < 4.78 is 80.4. The lowest BCUT2D eigenvalue weighted by molar-refractivity contribution is -0.133. The van der Waals surface area contributed by atoms with Crippen LogP contribution in [0.1, 0.15) is 56.3 Å². The van der Waals surface area contributed by atoms with Gasteiger partial charge in [0.25, 0.3) is 5.56 Å². The third-order valence-electron chi connectivity index (χ3n) is 13.9. The third kappa shape index (κ3) is 9.43. The maximum atomic E-state index is 15.3. The van der Waals surface area contributed by atoms with Crippen molar-refractivity contribution in [2.24, 2.45) is 5.92 Å². The van der Waals surface area contributed by atoms with E-state index in [0.717, 1.165) is 87.9 Å². The summed E-state index contributed by atoms with van der Waals surface area (Å²) in [7, 11) is -4.25. The molecule has 0 radical (unpaired) electrons. The maximum absolute atomic E-state index is 15.3. The number of benzene rings is 3. The molecule has 6 heterocycles. The molecule has 2 atom stereocenters. The molecule has 1 saturated carbocycles. The first-order valence-electron chi connectivity index (χ1n) is 23.1. The molecule has 360 valence electrons. The van der Waals surface area contributed by atoms with Crippen LogP contribution in [0.3, 0.4) is 0 Å².